The molecule has 1 atom stereocenters. The van der Waals surface area contributed by atoms with Crippen LogP contribution in [-0.4, -0.2) is 179 Å². The highest BCUT2D eigenvalue weighted by Crippen LogP contribution is 2.32. The first-order valence-corrected chi connectivity index (χ1v) is 23.7. The topological polar surface area (TPSA) is 282 Å². The lowest BCUT2D eigenvalue weighted by Crippen LogP contribution is -2.54. The van der Waals surface area contributed by atoms with Gasteiger partial charge in [-0.25, -0.2) is 14.6 Å². The quantitative estimate of drug-likeness (QED) is 0.0401. The van der Waals surface area contributed by atoms with Gasteiger partial charge in [-0.05, 0) is 55.0 Å². The fourth-order valence-electron chi connectivity index (χ4n) is 7.31. The number of aryl methyl sites for hydroxylation is 1. The number of hydrogen-bond donors (Lipinski definition) is 3. The van der Waals surface area contributed by atoms with Gasteiger partial charge in [0.25, 0.3) is 23.3 Å². The van der Waals surface area contributed by atoms with Crippen molar-refractivity contribution in [3.05, 3.63) is 94.0 Å². The largest absolute Gasteiger partial charge is 0.490 e. The van der Waals surface area contributed by atoms with E-state index in [2.05, 4.69) is 31.0 Å². The number of piperidine rings is 1. The van der Waals surface area contributed by atoms with E-state index >= 15 is 0 Å². The number of fused-ring (bicyclic) bond motifs is 2. The Kier molecular flexibility index (Phi) is 20.8. The Morgan fingerprint density at radius 1 is 0.712 bits per heavy atom. The molecule has 0 bridgehead atoms. The molecule has 1 unspecified atom stereocenters. The van der Waals surface area contributed by atoms with E-state index in [1.807, 2.05) is 0 Å². The maximum absolute atomic E-state index is 13.2. The van der Waals surface area contributed by atoms with Crippen LogP contribution < -0.4 is 26.2 Å². The second kappa shape index (κ2) is 28.3. The third kappa shape index (κ3) is 16.0. The molecule has 0 aliphatic carbocycles. The summed E-state index contributed by atoms with van der Waals surface area (Å²) in [5, 5.41) is 12.3. The van der Waals surface area contributed by atoms with E-state index in [-0.39, 0.29) is 47.7 Å². The third-order valence-corrected chi connectivity index (χ3v) is 10.9. The summed E-state index contributed by atoms with van der Waals surface area (Å²) in [6.45, 7) is 7.05. The molecule has 2 aliphatic heterocycles. The molecule has 0 radical (unpaired) electrons. The Hall–Kier alpha value is -7.03. The van der Waals surface area contributed by atoms with Crippen molar-refractivity contribution in [2.24, 2.45) is 7.05 Å². The minimum Gasteiger partial charge on any atom is -0.490 e. The predicted molar refractivity (Wildman–Crippen MR) is 258 cm³/mol. The second-order valence-electron chi connectivity index (χ2n) is 16.1. The van der Waals surface area contributed by atoms with Crippen LogP contribution in [0, 0.1) is 0 Å². The molecule has 24 nitrogen and oxygen atoms in total. The summed E-state index contributed by atoms with van der Waals surface area (Å²) in [5.41, 5.74) is 2.74. The van der Waals surface area contributed by atoms with Crippen LogP contribution in [0.3, 0.4) is 0 Å². The van der Waals surface area contributed by atoms with Crippen molar-refractivity contribution in [1.29, 1.82) is 0 Å². The van der Waals surface area contributed by atoms with E-state index in [1.54, 1.807) is 55.6 Å². The first-order chi connectivity index (χ1) is 35.7. The Morgan fingerprint density at radius 3 is 1.92 bits per heavy atom. The number of pyridine rings is 1. The van der Waals surface area contributed by atoms with Gasteiger partial charge in [-0.15, -0.1) is 0 Å². The average Bonchev–Trinajstić information content (AvgIpc) is 3.93. The van der Waals surface area contributed by atoms with Gasteiger partial charge in [0, 0.05) is 37.5 Å². The molecule has 3 aromatic heterocycles. The number of oxazole rings is 1. The van der Waals surface area contributed by atoms with Crippen molar-refractivity contribution in [1.82, 2.24) is 30.0 Å². The van der Waals surface area contributed by atoms with E-state index in [4.69, 9.17) is 47.0 Å². The van der Waals surface area contributed by atoms with Crippen LogP contribution in [-0.2, 0) is 54.5 Å². The van der Waals surface area contributed by atoms with Gasteiger partial charge >= 0.3 is 0 Å². The first-order valence-electron chi connectivity index (χ1n) is 23.7. The van der Waals surface area contributed by atoms with E-state index in [1.165, 1.54) is 23.0 Å². The summed E-state index contributed by atoms with van der Waals surface area (Å²) < 4.78 is 56.9. The summed E-state index contributed by atoms with van der Waals surface area (Å²) in [5.74, 6) is -1.88. The van der Waals surface area contributed by atoms with E-state index < -0.39 is 35.6 Å². The summed E-state index contributed by atoms with van der Waals surface area (Å²) in [4.78, 5) is 84.2. The fourth-order valence-corrected chi connectivity index (χ4v) is 7.31. The van der Waals surface area contributed by atoms with Gasteiger partial charge in [-0.3, -0.25) is 39.0 Å². The number of hydrogen-bond acceptors (Lipinski definition) is 20. The van der Waals surface area contributed by atoms with Crippen LogP contribution in [0.15, 0.2) is 76.1 Å². The van der Waals surface area contributed by atoms with Gasteiger partial charge in [0.15, 0.2) is 5.58 Å². The molecule has 3 N–H and O–H groups in total. The molecule has 1 fully saturated rings. The molecule has 2 aromatic carbocycles. The highest BCUT2D eigenvalue weighted by atomic mass is 16.6. The molecule has 1 saturated heterocycles. The van der Waals surface area contributed by atoms with Crippen molar-refractivity contribution >= 4 is 52.0 Å². The first kappa shape index (κ1) is 53.8. The molecule has 73 heavy (non-hydrogen) atoms. The highest BCUT2D eigenvalue weighted by molar-refractivity contribution is 6.25. The van der Waals surface area contributed by atoms with Crippen molar-refractivity contribution in [2.45, 2.75) is 18.9 Å². The Balaban J connectivity index is 0.596. The number of anilines is 2. The van der Waals surface area contributed by atoms with E-state index in [0.717, 1.165) is 4.90 Å². The Labute approximate surface area is 418 Å². The van der Waals surface area contributed by atoms with Crippen LogP contribution in [0.1, 0.15) is 44.0 Å². The van der Waals surface area contributed by atoms with Crippen molar-refractivity contribution in [3.8, 4) is 17.3 Å². The average molecular weight is 1020 g/mol. The minimum absolute atomic E-state index is 0.0557. The maximum Gasteiger partial charge on any atom is 0.274 e. The normalized spacial score (nSPS) is 14.5. The van der Waals surface area contributed by atoms with Gasteiger partial charge in [0.1, 0.15) is 35.3 Å². The SMILES string of the molecule is Cn1nc(-c2nc3cc(NC(=O)c4ccc(OCCOCCOCCOCCOCCOCCOCCOCCOCCNc5cccc6c5C(=O)N(C5CCC(=O)NC5=O)C6=O)cn4)ccc3o2)ccc1=O. The molecule has 5 heterocycles. The second-order valence-corrected chi connectivity index (χ2v) is 16.1. The summed E-state index contributed by atoms with van der Waals surface area (Å²) in [7, 11) is 1.54. The van der Waals surface area contributed by atoms with Crippen LogP contribution in [0.25, 0.3) is 22.7 Å². The van der Waals surface area contributed by atoms with Gasteiger partial charge in [-0.2, -0.15) is 5.10 Å². The molecular formula is C49H58N8O16. The number of carbonyl (C=O) groups is 5. The van der Waals surface area contributed by atoms with Gasteiger partial charge in [0.05, 0.1) is 123 Å². The van der Waals surface area contributed by atoms with Crippen LogP contribution in [0.4, 0.5) is 11.4 Å². The molecule has 7 rings (SSSR count). The van der Waals surface area contributed by atoms with Crippen LogP contribution in [0.2, 0.25) is 0 Å². The standard InChI is InChI=1S/C49H58N8O16/c1-56-43(59)12-8-38(55-56)47-53-39-31-33(5-10-41(39)73-47)52-45(60)37-7-6-34(32-51-37)72-30-29-71-28-27-70-26-25-69-24-23-68-22-21-67-20-19-66-18-17-65-16-15-64-14-13-50-36-4-2-3-35-44(36)49(63)57(48(35)62)40-9-11-42(58)54-46(40)61/h2-8,10,12,31-32,40,50H,9,11,13-30H2,1H3,(H,52,60)(H,54,58,61). The lowest BCUT2D eigenvalue weighted by atomic mass is 10.0. The van der Waals surface area contributed by atoms with E-state index in [9.17, 15) is 28.8 Å². The predicted octanol–water partition coefficient (Wildman–Crippen LogP) is 2.26. The lowest BCUT2D eigenvalue weighted by Gasteiger charge is -2.27. The smallest absolute Gasteiger partial charge is 0.274 e. The number of nitrogens with one attached hydrogen (secondary N) is 3. The third-order valence-electron chi connectivity index (χ3n) is 10.9. The number of imide groups is 2. The lowest BCUT2D eigenvalue weighted by molar-refractivity contribution is -0.136. The zero-order chi connectivity index (χ0) is 51.2. The molecule has 24 heteroatoms. The maximum atomic E-state index is 13.2. The fraction of sp³-hybridized carbons (Fsp3) is 0.449. The molecule has 5 aromatic rings. The Bertz CT molecular complexity index is 2700. The summed E-state index contributed by atoms with van der Waals surface area (Å²) in [6.07, 6.45) is 1.62. The number of ether oxygens (including phenoxy) is 9. The van der Waals surface area contributed by atoms with Crippen molar-refractivity contribution in [2.75, 3.05) is 129 Å². The minimum atomic E-state index is -1.02. The summed E-state index contributed by atoms with van der Waals surface area (Å²) in [6, 6.07) is 15.0. The number of aromatic nitrogens is 4. The molecule has 5 amide bonds. The van der Waals surface area contributed by atoms with Gasteiger partial charge in [-0.1, -0.05) is 6.07 Å². The van der Waals surface area contributed by atoms with Crippen LogP contribution in [0.5, 0.6) is 5.75 Å². The molecule has 390 valence electrons. The molecule has 0 saturated carbocycles. The van der Waals surface area contributed by atoms with Crippen molar-refractivity contribution < 1.29 is 71.0 Å². The van der Waals surface area contributed by atoms with Gasteiger partial charge < -0.3 is 57.7 Å². The number of nitrogens with zero attached hydrogens (tertiary/aromatic N) is 5. The Morgan fingerprint density at radius 2 is 1.33 bits per heavy atom. The summed E-state index contributed by atoms with van der Waals surface area (Å²) >= 11 is 0. The zero-order valence-corrected chi connectivity index (χ0v) is 40.3. The monoisotopic (exact) mass is 1010 g/mol. The number of benzene rings is 2. The van der Waals surface area contributed by atoms with Crippen LogP contribution >= 0.6 is 0 Å². The molecule has 0 spiro atoms. The number of carbonyl (C=O) groups excluding carboxylic acids is 5. The molecule has 2 aliphatic rings. The number of rotatable bonds is 33. The highest BCUT2D eigenvalue weighted by Gasteiger charge is 2.45. The zero-order valence-electron chi connectivity index (χ0n) is 40.3. The number of amides is 5. The van der Waals surface area contributed by atoms with Gasteiger partial charge in [0.2, 0.25) is 17.7 Å². The molecular weight excluding hydrogens is 957 g/mol. The van der Waals surface area contributed by atoms with Crippen molar-refractivity contribution in [3.63, 3.8) is 0 Å². The van der Waals surface area contributed by atoms with E-state index in [0.29, 0.717) is 146 Å².